The smallest absolute Gasteiger partial charge is 0.123 e. The number of hydrogen-bond donors (Lipinski definition) is 1. The fraction of sp³-hybridized carbons (Fsp3) is 0.294. The first-order valence-corrected chi connectivity index (χ1v) is 6.90. The first kappa shape index (κ1) is 16.0. The lowest BCUT2D eigenvalue weighted by Crippen LogP contribution is -2.30. The van der Waals surface area contributed by atoms with Gasteiger partial charge in [0.2, 0.25) is 0 Å². The van der Waals surface area contributed by atoms with Gasteiger partial charge in [0.1, 0.15) is 11.4 Å². The minimum atomic E-state index is -0.934. The molecule has 1 fully saturated rings. The molecule has 112 valence electrons. The van der Waals surface area contributed by atoms with Crippen LogP contribution in [0, 0.1) is 5.82 Å². The van der Waals surface area contributed by atoms with E-state index in [1.807, 2.05) is 18.2 Å². The summed E-state index contributed by atoms with van der Waals surface area (Å²) in [5.41, 5.74) is 0.973. The minimum absolute atomic E-state index is 0. The molecule has 0 bridgehead atoms. The quantitative estimate of drug-likeness (QED) is 0.940. The minimum Gasteiger partial charge on any atom is -0.384 e. The molecule has 0 aliphatic carbocycles. The van der Waals surface area contributed by atoms with Crippen molar-refractivity contribution in [3.8, 4) is 0 Å². The predicted molar refractivity (Wildman–Crippen MR) is 83.9 cm³/mol. The zero-order valence-electron chi connectivity index (χ0n) is 11.7. The molecular formula is C17H19ClFNO. The third kappa shape index (κ3) is 3.62. The fourth-order valence-electron chi connectivity index (χ4n) is 2.86. The highest BCUT2D eigenvalue weighted by Gasteiger charge is 2.37. The van der Waals surface area contributed by atoms with Crippen LogP contribution in [0.1, 0.15) is 17.5 Å². The largest absolute Gasteiger partial charge is 0.384 e. The van der Waals surface area contributed by atoms with E-state index in [4.69, 9.17) is 0 Å². The van der Waals surface area contributed by atoms with E-state index >= 15 is 0 Å². The van der Waals surface area contributed by atoms with Gasteiger partial charge in [0, 0.05) is 19.6 Å². The third-order valence-electron chi connectivity index (χ3n) is 3.94. The molecule has 1 aliphatic rings. The number of halogens is 2. The average Bonchev–Trinajstić information content (AvgIpc) is 2.83. The first-order valence-electron chi connectivity index (χ1n) is 6.90. The molecule has 0 saturated carbocycles. The van der Waals surface area contributed by atoms with Crippen LogP contribution in [0.2, 0.25) is 0 Å². The molecule has 0 amide bonds. The van der Waals surface area contributed by atoms with E-state index in [9.17, 15) is 9.50 Å². The molecule has 1 aliphatic heterocycles. The van der Waals surface area contributed by atoms with Crippen LogP contribution in [0.4, 0.5) is 4.39 Å². The molecule has 0 aromatic heterocycles. The lowest BCUT2D eigenvalue weighted by molar-refractivity contribution is 0.0450. The maximum absolute atomic E-state index is 13.3. The molecule has 1 saturated heterocycles. The van der Waals surface area contributed by atoms with Gasteiger partial charge in [0.05, 0.1) is 0 Å². The van der Waals surface area contributed by atoms with Gasteiger partial charge in [-0.25, -0.2) is 4.39 Å². The van der Waals surface area contributed by atoms with Crippen molar-refractivity contribution in [2.24, 2.45) is 0 Å². The van der Waals surface area contributed by atoms with Crippen LogP contribution in [0.15, 0.2) is 54.6 Å². The second kappa shape index (κ2) is 6.56. The molecule has 0 spiro atoms. The van der Waals surface area contributed by atoms with Gasteiger partial charge in [-0.3, -0.25) is 4.90 Å². The van der Waals surface area contributed by atoms with Gasteiger partial charge in [-0.05, 0) is 29.7 Å². The van der Waals surface area contributed by atoms with Gasteiger partial charge in [-0.15, -0.1) is 12.4 Å². The second-order valence-electron chi connectivity index (χ2n) is 5.49. The first-order chi connectivity index (χ1) is 9.66. The van der Waals surface area contributed by atoms with Crippen LogP contribution in [0.3, 0.4) is 0 Å². The Kier molecular flexibility index (Phi) is 4.99. The van der Waals surface area contributed by atoms with E-state index in [-0.39, 0.29) is 18.2 Å². The number of β-amino-alcohol motifs (C(OH)–C–C–N with tert-alkyl or cyclic N) is 1. The Balaban J connectivity index is 0.00000161. The Morgan fingerprint density at radius 3 is 2.57 bits per heavy atom. The lowest BCUT2D eigenvalue weighted by Gasteiger charge is -2.24. The zero-order valence-corrected chi connectivity index (χ0v) is 12.5. The van der Waals surface area contributed by atoms with Crippen molar-refractivity contribution in [1.82, 2.24) is 4.90 Å². The molecule has 2 nitrogen and oxygen atoms in total. The van der Waals surface area contributed by atoms with E-state index < -0.39 is 5.60 Å². The summed E-state index contributed by atoms with van der Waals surface area (Å²) in [5, 5.41) is 10.7. The fourth-order valence-corrected chi connectivity index (χ4v) is 2.86. The summed E-state index contributed by atoms with van der Waals surface area (Å²) < 4.78 is 13.3. The lowest BCUT2D eigenvalue weighted by atomic mass is 9.93. The maximum Gasteiger partial charge on any atom is 0.123 e. The van der Waals surface area contributed by atoms with Crippen molar-refractivity contribution >= 4 is 12.4 Å². The van der Waals surface area contributed by atoms with Crippen molar-refractivity contribution in [2.45, 2.75) is 18.6 Å². The van der Waals surface area contributed by atoms with Crippen LogP contribution < -0.4 is 0 Å². The SMILES string of the molecule is Cl.OC1(c2cccc(F)c2)CCN(Cc2ccccc2)C1. The predicted octanol–water partition coefficient (Wildman–Crippen LogP) is 3.34. The van der Waals surface area contributed by atoms with E-state index in [0.717, 1.165) is 13.1 Å². The maximum atomic E-state index is 13.3. The van der Waals surface area contributed by atoms with Gasteiger partial charge in [0.15, 0.2) is 0 Å². The van der Waals surface area contributed by atoms with Crippen LogP contribution in [0.25, 0.3) is 0 Å². The topological polar surface area (TPSA) is 23.5 Å². The molecule has 3 rings (SSSR count). The van der Waals surface area contributed by atoms with Crippen LogP contribution in [0.5, 0.6) is 0 Å². The average molecular weight is 308 g/mol. The second-order valence-corrected chi connectivity index (χ2v) is 5.49. The van der Waals surface area contributed by atoms with Crippen molar-refractivity contribution < 1.29 is 9.50 Å². The number of aliphatic hydroxyl groups is 1. The van der Waals surface area contributed by atoms with Crippen molar-refractivity contribution in [3.05, 3.63) is 71.5 Å². The Hall–Kier alpha value is -1.42. The number of hydrogen-bond acceptors (Lipinski definition) is 2. The summed E-state index contributed by atoms with van der Waals surface area (Å²) in [6.07, 6.45) is 0.642. The van der Waals surface area contributed by atoms with E-state index in [0.29, 0.717) is 18.5 Å². The standard InChI is InChI=1S/C17H18FNO.ClH/c18-16-8-4-7-15(11-16)17(20)9-10-19(13-17)12-14-5-2-1-3-6-14;/h1-8,11,20H,9-10,12-13H2;1H. The van der Waals surface area contributed by atoms with Gasteiger partial charge >= 0.3 is 0 Å². The molecule has 1 N–H and O–H groups in total. The molecular weight excluding hydrogens is 289 g/mol. The number of rotatable bonds is 3. The Bertz CT molecular complexity index is 592. The van der Waals surface area contributed by atoms with E-state index in [1.165, 1.54) is 17.7 Å². The summed E-state index contributed by atoms with van der Waals surface area (Å²) in [6, 6.07) is 16.5. The van der Waals surface area contributed by atoms with Crippen molar-refractivity contribution in [3.63, 3.8) is 0 Å². The Morgan fingerprint density at radius 2 is 1.86 bits per heavy atom. The summed E-state index contributed by atoms with van der Waals surface area (Å²) in [7, 11) is 0. The molecule has 1 heterocycles. The zero-order chi connectivity index (χ0) is 14.0. The van der Waals surface area contributed by atoms with Gasteiger partial charge in [-0.1, -0.05) is 42.5 Å². The molecule has 21 heavy (non-hydrogen) atoms. The number of likely N-dealkylation sites (tertiary alicyclic amines) is 1. The highest BCUT2D eigenvalue weighted by molar-refractivity contribution is 5.85. The van der Waals surface area contributed by atoms with Gasteiger partial charge < -0.3 is 5.11 Å². The van der Waals surface area contributed by atoms with E-state index in [2.05, 4.69) is 17.0 Å². The van der Waals surface area contributed by atoms with Crippen molar-refractivity contribution in [1.29, 1.82) is 0 Å². The van der Waals surface area contributed by atoms with Crippen LogP contribution in [-0.4, -0.2) is 23.1 Å². The van der Waals surface area contributed by atoms with E-state index in [1.54, 1.807) is 12.1 Å². The monoisotopic (exact) mass is 307 g/mol. The molecule has 4 heteroatoms. The van der Waals surface area contributed by atoms with Gasteiger partial charge in [-0.2, -0.15) is 0 Å². The van der Waals surface area contributed by atoms with Crippen LogP contribution >= 0.6 is 12.4 Å². The summed E-state index contributed by atoms with van der Waals surface area (Å²) in [6.45, 7) is 2.19. The molecule has 2 aromatic carbocycles. The van der Waals surface area contributed by atoms with Crippen molar-refractivity contribution in [2.75, 3.05) is 13.1 Å². The molecule has 2 aromatic rings. The summed E-state index contributed by atoms with van der Waals surface area (Å²) >= 11 is 0. The number of benzene rings is 2. The van der Waals surface area contributed by atoms with Gasteiger partial charge in [0.25, 0.3) is 0 Å². The summed E-state index contributed by atoms with van der Waals surface area (Å²) in [4.78, 5) is 2.21. The normalized spacial score (nSPS) is 22.0. The molecule has 1 unspecified atom stereocenters. The highest BCUT2D eigenvalue weighted by Crippen LogP contribution is 2.32. The van der Waals surface area contributed by atoms with Crippen LogP contribution in [-0.2, 0) is 12.1 Å². The molecule has 1 atom stereocenters. The highest BCUT2D eigenvalue weighted by atomic mass is 35.5. The Morgan fingerprint density at radius 1 is 1.10 bits per heavy atom. The summed E-state index contributed by atoms with van der Waals surface area (Å²) in [5.74, 6) is -0.294. The number of nitrogens with zero attached hydrogens (tertiary/aromatic N) is 1. The third-order valence-corrected chi connectivity index (χ3v) is 3.94. The molecule has 0 radical (unpaired) electrons. The Labute approximate surface area is 130 Å².